The van der Waals surface area contributed by atoms with E-state index in [-0.39, 0.29) is 22.2 Å². The maximum atomic E-state index is 14.3. The molecule has 9 nitrogen and oxygen atoms in total. The van der Waals surface area contributed by atoms with Crippen LogP contribution in [0.3, 0.4) is 0 Å². The number of amides is 1. The van der Waals surface area contributed by atoms with E-state index in [1.54, 1.807) is 0 Å². The average molecular weight is 429 g/mol. The van der Waals surface area contributed by atoms with Gasteiger partial charge in [0.2, 0.25) is 0 Å². The Morgan fingerprint density at radius 1 is 1.09 bits per heavy atom. The second-order valence-corrected chi connectivity index (χ2v) is 7.34. The highest BCUT2D eigenvalue weighted by molar-refractivity contribution is 6.45. The van der Waals surface area contributed by atoms with E-state index in [0.29, 0.717) is 26.2 Å². The molecule has 1 aliphatic heterocycles. The largest absolute Gasteiger partial charge is 0.358 e. The minimum atomic E-state index is -0.828. The summed E-state index contributed by atoms with van der Waals surface area (Å²) in [5.41, 5.74) is 0.784. The first kappa shape index (κ1) is 19.6. The highest BCUT2D eigenvalue weighted by atomic mass is 19.1. The van der Waals surface area contributed by atoms with E-state index in [2.05, 4.69) is 24.8 Å². The van der Waals surface area contributed by atoms with Gasteiger partial charge in [-0.15, -0.1) is 0 Å². The van der Waals surface area contributed by atoms with Crippen molar-refractivity contribution in [3.63, 3.8) is 0 Å². The molecule has 1 amide bonds. The van der Waals surface area contributed by atoms with Crippen LogP contribution in [0.2, 0.25) is 0 Å². The number of aromatic nitrogens is 4. The number of rotatable bonds is 3. The molecule has 1 aliphatic rings. The number of carbonyl (C=O) groups is 2. The third-order valence-corrected chi connectivity index (χ3v) is 5.60. The van der Waals surface area contributed by atoms with E-state index in [1.807, 2.05) is 30.3 Å². The number of piperazine rings is 1. The van der Waals surface area contributed by atoms with Crippen molar-refractivity contribution < 1.29 is 14.0 Å². The summed E-state index contributed by atoms with van der Waals surface area (Å²) in [6.45, 7) is 1.62. The van der Waals surface area contributed by atoms with Crippen molar-refractivity contribution in [2.24, 2.45) is 0 Å². The van der Waals surface area contributed by atoms with Gasteiger partial charge in [0.25, 0.3) is 11.7 Å². The van der Waals surface area contributed by atoms with E-state index < -0.39 is 17.5 Å². The number of nitriles is 1. The summed E-state index contributed by atoms with van der Waals surface area (Å²) in [6.07, 6.45) is 3.63. The number of ketones is 1. The van der Waals surface area contributed by atoms with Crippen LogP contribution in [0.1, 0.15) is 16.1 Å². The summed E-state index contributed by atoms with van der Waals surface area (Å²) in [5.74, 6) is -1.53. The number of para-hydroxylation sites is 1. The molecule has 0 spiro atoms. The minimum absolute atomic E-state index is 0.0430. The third kappa shape index (κ3) is 3.11. The van der Waals surface area contributed by atoms with Gasteiger partial charge in [0.1, 0.15) is 18.2 Å². The number of aromatic amines is 1. The van der Waals surface area contributed by atoms with E-state index in [0.717, 1.165) is 22.9 Å². The van der Waals surface area contributed by atoms with Crippen LogP contribution in [0.15, 0.2) is 43.0 Å². The zero-order valence-corrected chi connectivity index (χ0v) is 16.7. The summed E-state index contributed by atoms with van der Waals surface area (Å²) < 4.78 is 14.3. The van der Waals surface area contributed by atoms with Crippen LogP contribution in [-0.2, 0) is 4.79 Å². The highest BCUT2D eigenvalue weighted by Crippen LogP contribution is 2.26. The van der Waals surface area contributed by atoms with Gasteiger partial charge < -0.3 is 14.8 Å². The lowest BCUT2D eigenvalue weighted by atomic mass is 10.1. The Morgan fingerprint density at radius 3 is 2.66 bits per heavy atom. The number of H-pyrrole nitrogens is 1. The lowest BCUT2D eigenvalue weighted by Crippen LogP contribution is -2.51. The van der Waals surface area contributed by atoms with Crippen LogP contribution in [0, 0.1) is 17.1 Å². The summed E-state index contributed by atoms with van der Waals surface area (Å²) in [5, 5.41) is 9.97. The molecule has 32 heavy (non-hydrogen) atoms. The lowest BCUT2D eigenvalue weighted by Gasteiger charge is -2.35. The molecule has 1 aromatic carbocycles. The Kier molecular flexibility index (Phi) is 4.71. The molecular formula is C22H16FN7O2. The number of benzene rings is 1. The van der Waals surface area contributed by atoms with Gasteiger partial charge in [0.05, 0.1) is 28.2 Å². The molecule has 1 N–H and O–H groups in total. The highest BCUT2D eigenvalue weighted by Gasteiger charge is 2.30. The maximum Gasteiger partial charge on any atom is 0.295 e. The molecule has 0 aliphatic carbocycles. The second kappa shape index (κ2) is 7.70. The van der Waals surface area contributed by atoms with Crippen LogP contribution in [0.5, 0.6) is 0 Å². The van der Waals surface area contributed by atoms with Crippen molar-refractivity contribution in [3.8, 4) is 6.07 Å². The zero-order chi connectivity index (χ0) is 22.2. The summed E-state index contributed by atoms with van der Waals surface area (Å²) in [7, 11) is 0. The Bertz CT molecular complexity index is 1410. The van der Waals surface area contributed by atoms with Crippen molar-refractivity contribution in [3.05, 3.63) is 60.1 Å². The molecule has 1 saturated heterocycles. The first-order chi connectivity index (χ1) is 15.6. The molecule has 0 saturated carbocycles. The fourth-order valence-corrected chi connectivity index (χ4v) is 4.00. The van der Waals surface area contributed by atoms with Gasteiger partial charge in [-0.25, -0.2) is 19.3 Å². The van der Waals surface area contributed by atoms with E-state index >= 15 is 0 Å². The van der Waals surface area contributed by atoms with Gasteiger partial charge >= 0.3 is 0 Å². The number of nitrogens with one attached hydrogen (secondary N) is 1. The molecule has 10 heteroatoms. The first-order valence-corrected chi connectivity index (χ1v) is 9.92. The van der Waals surface area contributed by atoms with Crippen molar-refractivity contribution in [1.29, 1.82) is 5.26 Å². The third-order valence-electron chi connectivity index (χ3n) is 5.60. The topological polar surface area (TPSA) is 119 Å². The molecule has 158 valence electrons. The molecule has 0 radical (unpaired) electrons. The van der Waals surface area contributed by atoms with Crippen LogP contribution >= 0.6 is 0 Å². The van der Waals surface area contributed by atoms with E-state index in [9.17, 15) is 14.0 Å². The van der Waals surface area contributed by atoms with Gasteiger partial charge in [-0.05, 0) is 12.1 Å². The van der Waals surface area contributed by atoms with Gasteiger partial charge in [0.15, 0.2) is 11.5 Å². The fraction of sp³-hybridized carbons (Fsp3) is 0.182. The smallest absolute Gasteiger partial charge is 0.295 e. The normalized spacial score (nSPS) is 14.0. The molecule has 0 bridgehead atoms. The van der Waals surface area contributed by atoms with E-state index in [1.165, 1.54) is 17.4 Å². The summed E-state index contributed by atoms with van der Waals surface area (Å²) in [6, 6.07) is 9.52. The Morgan fingerprint density at radius 2 is 1.88 bits per heavy atom. The fourth-order valence-electron chi connectivity index (χ4n) is 4.00. The monoisotopic (exact) mass is 429 g/mol. The second-order valence-electron chi connectivity index (χ2n) is 7.34. The number of carbonyl (C=O) groups excluding carboxylic acids is 2. The number of Topliss-reactive ketones (excluding diaryl/α,β-unsaturated/α-hetero) is 1. The summed E-state index contributed by atoms with van der Waals surface area (Å²) in [4.78, 5) is 44.3. The molecule has 4 heterocycles. The van der Waals surface area contributed by atoms with Crippen molar-refractivity contribution in [1.82, 2.24) is 24.8 Å². The first-order valence-electron chi connectivity index (χ1n) is 9.92. The summed E-state index contributed by atoms with van der Waals surface area (Å²) >= 11 is 0. The lowest BCUT2D eigenvalue weighted by molar-refractivity contribution is -0.126. The molecule has 5 rings (SSSR count). The number of halogens is 1. The van der Waals surface area contributed by atoms with Gasteiger partial charge in [-0.3, -0.25) is 9.59 Å². The number of anilines is 1. The number of fused-ring (bicyclic) bond motifs is 2. The molecule has 1 fully saturated rings. The zero-order valence-electron chi connectivity index (χ0n) is 16.7. The van der Waals surface area contributed by atoms with Crippen LogP contribution in [-0.4, -0.2) is 62.7 Å². The molecule has 3 aromatic heterocycles. The predicted molar refractivity (Wildman–Crippen MR) is 113 cm³/mol. The molecular weight excluding hydrogens is 413 g/mol. The number of pyridine rings is 1. The number of nitrogens with zero attached hydrogens (tertiary/aromatic N) is 6. The molecule has 0 atom stereocenters. The predicted octanol–water partition coefficient (Wildman–Crippen LogP) is 2.05. The van der Waals surface area contributed by atoms with Crippen LogP contribution in [0.4, 0.5) is 10.2 Å². The van der Waals surface area contributed by atoms with Gasteiger partial charge in [0, 0.05) is 37.8 Å². The number of hydrogen-bond acceptors (Lipinski definition) is 7. The van der Waals surface area contributed by atoms with Crippen molar-refractivity contribution >= 4 is 39.3 Å². The van der Waals surface area contributed by atoms with Gasteiger partial charge in [-0.2, -0.15) is 5.26 Å². The Labute approximate surface area is 181 Å². The van der Waals surface area contributed by atoms with Gasteiger partial charge in [-0.1, -0.05) is 12.1 Å². The van der Waals surface area contributed by atoms with Crippen LogP contribution < -0.4 is 4.90 Å². The SMILES string of the molecule is N#Cc1ncc(F)c2c(C(=O)C(=O)N3CCN(c4ncnc5ccccc45)CC3)c[nH]c12. The Hall–Kier alpha value is -4.39. The van der Waals surface area contributed by atoms with E-state index in [4.69, 9.17) is 5.26 Å². The quantitative estimate of drug-likeness (QED) is 0.391. The Balaban J connectivity index is 1.35. The standard InChI is InChI=1S/C22H16FN7O2/c23-15-11-25-17(9-24)19-18(15)14(10-26-19)20(31)22(32)30-7-5-29(6-8-30)21-13-3-1-2-4-16(13)27-12-28-21/h1-4,10-12,26H,5-8H2. The molecule has 0 unspecified atom stereocenters. The minimum Gasteiger partial charge on any atom is -0.358 e. The molecule has 4 aromatic rings. The number of hydrogen-bond donors (Lipinski definition) is 1. The maximum absolute atomic E-state index is 14.3. The van der Waals surface area contributed by atoms with Crippen molar-refractivity contribution in [2.45, 2.75) is 0 Å². The van der Waals surface area contributed by atoms with Crippen LogP contribution in [0.25, 0.3) is 21.8 Å². The van der Waals surface area contributed by atoms with Crippen molar-refractivity contribution in [2.75, 3.05) is 31.1 Å². The average Bonchev–Trinajstić information content (AvgIpc) is 3.29.